The van der Waals surface area contributed by atoms with Gasteiger partial charge >= 0.3 is 0 Å². The number of rotatable bonds is 2. The Balaban J connectivity index is 1.56. The van der Waals surface area contributed by atoms with Crippen LogP contribution in [0.1, 0.15) is 52.9 Å². The average molecular weight is 278 g/mol. The maximum absolute atomic E-state index is 10.7. The van der Waals surface area contributed by atoms with Crippen molar-refractivity contribution in [1.29, 1.82) is 0 Å². The molecule has 5 aliphatic rings. The molecule has 3 heteroatoms. The van der Waals surface area contributed by atoms with Gasteiger partial charge in [0, 0.05) is 18.1 Å². The summed E-state index contributed by atoms with van der Waals surface area (Å²) in [6.45, 7) is 10.6. The van der Waals surface area contributed by atoms with Gasteiger partial charge in [-0.25, -0.2) is 0 Å². The third kappa shape index (κ3) is 1.89. The maximum atomic E-state index is 10.7. The van der Waals surface area contributed by atoms with Gasteiger partial charge in [0.25, 0.3) is 0 Å². The van der Waals surface area contributed by atoms with E-state index in [4.69, 9.17) is 0 Å². The first kappa shape index (κ1) is 13.5. The lowest BCUT2D eigenvalue weighted by Gasteiger charge is -2.60. The molecule has 1 saturated heterocycles. The number of likely N-dealkylation sites (N-methyl/N-ethyl adjacent to an activating group) is 1. The fraction of sp³-hybridized carbons (Fsp3) is 1.00. The zero-order valence-electron chi connectivity index (χ0n) is 13.3. The van der Waals surface area contributed by atoms with Gasteiger partial charge in [-0.05, 0) is 70.3 Å². The largest absolute Gasteiger partial charge is 0.390 e. The Morgan fingerprint density at radius 2 is 1.75 bits per heavy atom. The van der Waals surface area contributed by atoms with Crippen molar-refractivity contribution >= 4 is 0 Å². The Hall–Kier alpha value is -0.120. The van der Waals surface area contributed by atoms with E-state index in [1.54, 1.807) is 0 Å². The predicted molar refractivity (Wildman–Crippen MR) is 80.3 cm³/mol. The highest BCUT2D eigenvalue weighted by molar-refractivity contribution is 5.10. The summed E-state index contributed by atoms with van der Waals surface area (Å²) in [5.41, 5.74) is 0.0347. The van der Waals surface area contributed by atoms with Crippen molar-refractivity contribution in [3.05, 3.63) is 0 Å². The van der Waals surface area contributed by atoms with Gasteiger partial charge in [0.2, 0.25) is 0 Å². The Labute approximate surface area is 123 Å². The Bertz CT molecular complexity index is 392. The fourth-order valence-corrected chi connectivity index (χ4v) is 6.34. The number of hydrogen-bond donors (Lipinski definition) is 1. The third-order valence-electron chi connectivity index (χ3n) is 6.79. The zero-order valence-corrected chi connectivity index (χ0v) is 13.3. The zero-order chi connectivity index (χ0) is 14.1. The first-order valence-corrected chi connectivity index (χ1v) is 8.62. The molecule has 5 rings (SSSR count). The molecule has 0 spiro atoms. The lowest BCUT2D eigenvalue weighted by molar-refractivity contribution is -0.158. The van der Waals surface area contributed by atoms with E-state index in [-0.39, 0.29) is 5.60 Å². The third-order valence-corrected chi connectivity index (χ3v) is 6.79. The smallest absolute Gasteiger partial charge is 0.0657 e. The van der Waals surface area contributed by atoms with Crippen LogP contribution in [0.25, 0.3) is 0 Å². The molecular weight excluding hydrogens is 248 g/mol. The van der Waals surface area contributed by atoms with Crippen LogP contribution in [-0.2, 0) is 0 Å². The van der Waals surface area contributed by atoms with Gasteiger partial charge in [0.1, 0.15) is 0 Å². The van der Waals surface area contributed by atoms with E-state index in [2.05, 4.69) is 30.6 Å². The molecular formula is C17H30N2O. The Kier molecular flexibility index (Phi) is 2.85. The minimum atomic E-state index is -0.285. The lowest BCUT2D eigenvalue weighted by Crippen LogP contribution is -2.61. The molecule has 0 aromatic heterocycles. The van der Waals surface area contributed by atoms with Crippen molar-refractivity contribution in [2.24, 2.45) is 17.8 Å². The summed E-state index contributed by atoms with van der Waals surface area (Å²) < 4.78 is 0. The van der Waals surface area contributed by atoms with Crippen molar-refractivity contribution in [1.82, 2.24) is 9.80 Å². The molecule has 4 aliphatic carbocycles. The Morgan fingerprint density at radius 1 is 1.10 bits per heavy atom. The summed E-state index contributed by atoms with van der Waals surface area (Å²) in [6.07, 6.45) is 6.01. The van der Waals surface area contributed by atoms with Crippen LogP contribution in [0.5, 0.6) is 0 Å². The standard InChI is InChI=1S/C17H30N2O/c1-4-19-11-18(10-16(19,2)3)15-13-5-12-6-14(15)9-17(20,7-12)8-13/h12-15,20H,4-11H2,1-3H3. The van der Waals surface area contributed by atoms with E-state index >= 15 is 0 Å². The van der Waals surface area contributed by atoms with Gasteiger partial charge in [-0.2, -0.15) is 0 Å². The van der Waals surface area contributed by atoms with Gasteiger partial charge in [-0.15, -0.1) is 0 Å². The molecule has 4 saturated carbocycles. The summed E-state index contributed by atoms with van der Waals surface area (Å²) in [6, 6.07) is 0.752. The molecule has 0 amide bonds. The summed E-state index contributed by atoms with van der Waals surface area (Å²) in [5, 5.41) is 10.7. The highest BCUT2D eigenvalue weighted by atomic mass is 16.3. The molecule has 4 bridgehead atoms. The van der Waals surface area contributed by atoms with Crippen LogP contribution in [0, 0.1) is 17.8 Å². The molecule has 3 nitrogen and oxygen atoms in total. The molecule has 2 unspecified atom stereocenters. The van der Waals surface area contributed by atoms with Crippen molar-refractivity contribution in [3.63, 3.8) is 0 Å². The monoisotopic (exact) mass is 278 g/mol. The molecule has 0 aromatic rings. The van der Waals surface area contributed by atoms with Gasteiger partial charge in [-0.1, -0.05) is 6.92 Å². The quantitative estimate of drug-likeness (QED) is 0.839. The second-order valence-electron chi connectivity index (χ2n) is 8.74. The Morgan fingerprint density at radius 3 is 2.25 bits per heavy atom. The van der Waals surface area contributed by atoms with E-state index in [9.17, 15) is 5.11 Å². The molecule has 114 valence electrons. The van der Waals surface area contributed by atoms with Crippen LogP contribution in [0.3, 0.4) is 0 Å². The van der Waals surface area contributed by atoms with Crippen molar-refractivity contribution in [2.45, 2.75) is 70.1 Å². The maximum Gasteiger partial charge on any atom is 0.0657 e. The summed E-state index contributed by atoms with van der Waals surface area (Å²) in [5.74, 6) is 2.35. The number of hydrogen-bond acceptors (Lipinski definition) is 3. The second-order valence-corrected chi connectivity index (χ2v) is 8.74. The molecule has 0 radical (unpaired) electrons. The highest BCUT2D eigenvalue weighted by Crippen LogP contribution is 2.57. The molecule has 5 fully saturated rings. The first-order chi connectivity index (χ1) is 9.40. The summed E-state index contributed by atoms with van der Waals surface area (Å²) in [7, 11) is 0. The van der Waals surface area contributed by atoms with Crippen molar-refractivity contribution in [2.75, 3.05) is 19.8 Å². The van der Waals surface area contributed by atoms with E-state index in [1.165, 1.54) is 19.4 Å². The topological polar surface area (TPSA) is 26.7 Å². The van der Waals surface area contributed by atoms with Crippen molar-refractivity contribution < 1.29 is 5.11 Å². The second kappa shape index (κ2) is 4.21. The van der Waals surface area contributed by atoms with Gasteiger partial charge < -0.3 is 5.11 Å². The number of aliphatic hydroxyl groups is 1. The van der Waals surface area contributed by atoms with Crippen LogP contribution in [-0.4, -0.2) is 51.8 Å². The van der Waals surface area contributed by atoms with E-state index < -0.39 is 0 Å². The van der Waals surface area contributed by atoms with Gasteiger partial charge in [-0.3, -0.25) is 9.80 Å². The SMILES string of the molecule is CCN1CN(C2C3CC4CC2CC(O)(C4)C3)CC1(C)C. The van der Waals surface area contributed by atoms with Crippen LogP contribution in [0.15, 0.2) is 0 Å². The van der Waals surface area contributed by atoms with Crippen molar-refractivity contribution in [3.8, 4) is 0 Å². The first-order valence-electron chi connectivity index (χ1n) is 8.62. The minimum Gasteiger partial charge on any atom is -0.390 e. The molecule has 2 atom stereocenters. The molecule has 1 N–H and O–H groups in total. The van der Waals surface area contributed by atoms with Crippen LogP contribution < -0.4 is 0 Å². The van der Waals surface area contributed by atoms with E-state index in [1.807, 2.05) is 0 Å². The average Bonchev–Trinajstić information content (AvgIpc) is 2.61. The van der Waals surface area contributed by atoms with E-state index in [0.29, 0.717) is 5.54 Å². The molecule has 1 heterocycles. The minimum absolute atomic E-state index is 0.285. The predicted octanol–water partition coefficient (Wildman–Crippen LogP) is 2.30. The normalized spacial score (nSPS) is 51.0. The summed E-state index contributed by atoms with van der Waals surface area (Å²) >= 11 is 0. The van der Waals surface area contributed by atoms with Gasteiger partial charge in [0.15, 0.2) is 0 Å². The number of nitrogens with zero attached hydrogens (tertiary/aromatic N) is 2. The van der Waals surface area contributed by atoms with Gasteiger partial charge in [0.05, 0.1) is 12.3 Å². The molecule has 1 aliphatic heterocycles. The van der Waals surface area contributed by atoms with Crippen LogP contribution >= 0.6 is 0 Å². The highest BCUT2D eigenvalue weighted by Gasteiger charge is 2.57. The summed E-state index contributed by atoms with van der Waals surface area (Å²) in [4.78, 5) is 5.38. The molecule has 20 heavy (non-hydrogen) atoms. The van der Waals surface area contributed by atoms with E-state index in [0.717, 1.165) is 56.3 Å². The fourth-order valence-electron chi connectivity index (χ4n) is 6.34. The van der Waals surface area contributed by atoms with Crippen LogP contribution in [0.4, 0.5) is 0 Å². The lowest BCUT2D eigenvalue weighted by atomic mass is 9.52. The molecule has 0 aromatic carbocycles. The van der Waals surface area contributed by atoms with Crippen LogP contribution in [0.2, 0.25) is 0 Å².